The highest BCUT2D eigenvalue weighted by Gasteiger charge is 2.29. The smallest absolute Gasteiger partial charge is 0.379 e. The number of ketones is 1. The van der Waals surface area contributed by atoms with Gasteiger partial charge in [-0.1, -0.05) is 29.3 Å². The van der Waals surface area contributed by atoms with E-state index in [1.165, 1.54) is 0 Å². The van der Waals surface area contributed by atoms with Crippen molar-refractivity contribution in [1.29, 1.82) is 0 Å². The first-order chi connectivity index (χ1) is 8.54. The molecule has 0 saturated carbocycles. The second-order valence-corrected chi connectivity index (χ2v) is 4.54. The van der Waals surface area contributed by atoms with Crippen LogP contribution in [-0.4, -0.2) is 18.4 Å². The molecule has 94 valence electrons. The van der Waals surface area contributed by atoms with Crippen molar-refractivity contribution in [3.05, 3.63) is 40.5 Å². The van der Waals surface area contributed by atoms with Crippen molar-refractivity contribution in [2.24, 2.45) is 0 Å². The number of allylic oxidation sites excluding steroid dienone is 1. The molecule has 0 aromatic heterocycles. The quantitative estimate of drug-likeness (QED) is 0.606. The van der Waals surface area contributed by atoms with Crippen LogP contribution in [-0.2, 0) is 20.7 Å². The van der Waals surface area contributed by atoms with Crippen molar-refractivity contribution < 1.29 is 14.3 Å². The normalized spacial score (nSPS) is 13.5. The Hall–Kier alpha value is -1.90. The molecule has 0 fully saturated rings. The van der Waals surface area contributed by atoms with Gasteiger partial charge in [0.05, 0.1) is 6.61 Å². The minimum Gasteiger partial charge on any atom is -0.460 e. The summed E-state index contributed by atoms with van der Waals surface area (Å²) in [5.41, 5.74) is 4.60. The number of hydrogen-bond donors (Lipinski definition) is 0. The molecule has 1 aliphatic carbocycles. The van der Waals surface area contributed by atoms with Gasteiger partial charge in [0.25, 0.3) is 5.78 Å². The summed E-state index contributed by atoms with van der Waals surface area (Å²) in [6, 6.07) is 5.92. The standard InChI is InChI=1S/C15H16O3/c1-4-18-15(17)14(16)13-10(3)8-11-7-9(2)5-6-12(11)13/h5-7H,4,8H2,1-3H3. The van der Waals surface area contributed by atoms with E-state index in [2.05, 4.69) is 6.07 Å². The van der Waals surface area contributed by atoms with Crippen LogP contribution in [0.2, 0.25) is 0 Å². The Morgan fingerprint density at radius 1 is 1.28 bits per heavy atom. The number of fused-ring (bicyclic) bond motifs is 1. The van der Waals surface area contributed by atoms with Gasteiger partial charge in [-0.25, -0.2) is 4.79 Å². The molecule has 0 radical (unpaired) electrons. The molecule has 0 N–H and O–H groups in total. The summed E-state index contributed by atoms with van der Waals surface area (Å²) < 4.78 is 4.78. The molecule has 0 heterocycles. The Bertz CT molecular complexity index is 553. The Labute approximate surface area is 106 Å². The number of hydrogen-bond acceptors (Lipinski definition) is 3. The van der Waals surface area contributed by atoms with Gasteiger partial charge in [-0.2, -0.15) is 0 Å². The molecule has 0 amide bonds. The van der Waals surface area contributed by atoms with Gasteiger partial charge in [0.15, 0.2) is 0 Å². The first-order valence-corrected chi connectivity index (χ1v) is 6.05. The predicted octanol–water partition coefficient (Wildman–Crippen LogP) is 2.46. The number of rotatable bonds is 3. The first kappa shape index (κ1) is 12.6. The Morgan fingerprint density at radius 3 is 2.67 bits per heavy atom. The van der Waals surface area contributed by atoms with Crippen molar-refractivity contribution in [2.75, 3.05) is 6.61 Å². The van der Waals surface area contributed by atoms with E-state index in [1.807, 2.05) is 26.0 Å². The van der Waals surface area contributed by atoms with Crippen LogP contribution >= 0.6 is 0 Å². The van der Waals surface area contributed by atoms with Crippen LogP contribution in [0.15, 0.2) is 23.8 Å². The second kappa shape index (κ2) is 4.77. The van der Waals surface area contributed by atoms with Gasteiger partial charge in [-0.3, -0.25) is 4.79 Å². The molecule has 18 heavy (non-hydrogen) atoms. The molecule has 0 spiro atoms. The molecule has 3 heteroatoms. The summed E-state index contributed by atoms with van der Waals surface area (Å²) in [4.78, 5) is 23.6. The third-order valence-corrected chi connectivity index (χ3v) is 3.10. The van der Waals surface area contributed by atoms with Gasteiger partial charge in [-0.05, 0) is 38.3 Å². The third kappa shape index (κ3) is 2.08. The topological polar surface area (TPSA) is 43.4 Å². The van der Waals surface area contributed by atoms with E-state index in [-0.39, 0.29) is 6.61 Å². The van der Waals surface area contributed by atoms with E-state index >= 15 is 0 Å². The molecule has 1 aromatic rings. The largest absolute Gasteiger partial charge is 0.460 e. The van der Waals surface area contributed by atoms with E-state index in [9.17, 15) is 9.59 Å². The van der Waals surface area contributed by atoms with E-state index < -0.39 is 11.8 Å². The summed E-state index contributed by atoms with van der Waals surface area (Å²) in [5, 5.41) is 0. The molecule has 1 aromatic carbocycles. The average Bonchev–Trinajstić information content (AvgIpc) is 2.63. The van der Waals surface area contributed by atoms with E-state index in [1.54, 1.807) is 6.92 Å². The first-order valence-electron chi connectivity index (χ1n) is 6.05. The monoisotopic (exact) mass is 244 g/mol. The molecule has 2 rings (SSSR count). The number of Topliss-reactive ketones (excluding diaryl/α,β-unsaturated/α-hetero) is 1. The van der Waals surface area contributed by atoms with Crippen molar-refractivity contribution in [2.45, 2.75) is 27.2 Å². The van der Waals surface area contributed by atoms with E-state index in [0.29, 0.717) is 5.57 Å². The van der Waals surface area contributed by atoms with Crippen molar-refractivity contribution in [3.63, 3.8) is 0 Å². The summed E-state index contributed by atoms with van der Waals surface area (Å²) >= 11 is 0. The van der Waals surface area contributed by atoms with E-state index in [4.69, 9.17) is 4.74 Å². The lowest BCUT2D eigenvalue weighted by molar-refractivity contribution is -0.150. The van der Waals surface area contributed by atoms with Gasteiger partial charge >= 0.3 is 5.97 Å². The zero-order valence-corrected chi connectivity index (χ0v) is 10.9. The molecular formula is C15H16O3. The SMILES string of the molecule is CCOC(=O)C(=O)C1=C(C)Cc2cc(C)ccc21. The highest BCUT2D eigenvalue weighted by molar-refractivity contribution is 6.52. The van der Waals surface area contributed by atoms with Gasteiger partial charge in [0.1, 0.15) is 0 Å². The van der Waals surface area contributed by atoms with Crippen LogP contribution in [0.4, 0.5) is 0 Å². The molecule has 1 aliphatic rings. The van der Waals surface area contributed by atoms with Crippen LogP contribution in [0, 0.1) is 6.92 Å². The maximum absolute atomic E-state index is 12.1. The van der Waals surface area contributed by atoms with Crippen molar-refractivity contribution in [3.8, 4) is 0 Å². The Kier molecular flexibility index (Phi) is 3.32. The van der Waals surface area contributed by atoms with Crippen LogP contribution in [0.3, 0.4) is 0 Å². The summed E-state index contributed by atoms with van der Waals surface area (Å²) in [6.45, 7) is 5.82. The summed E-state index contributed by atoms with van der Waals surface area (Å²) in [5.74, 6) is -1.29. The number of ether oxygens (including phenoxy) is 1. The van der Waals surface area contributed by atoms with Crippen LogP contribution in [0.5, 0.6) is 0 Å². The summed E-state index contributed by atoms with van der Waals surface area (Å²) in [7, 11) is 0. The average molecular weight is 244 g/mol. The lowest BCUT2D eigenvalue weighted by Crippen LogP contribution is -2.18. The number of benzene rings is 1. The lowest BCUT2D eigenvalue weighted by Gasteiger charge is -2.06. The molecule has 0 saturated heterocycles. The second-order valence-electron chi connectivity index (χ2n) is 4.54. The van der Waals surface area contributed by atoms with Gasteiger partial charge in [0.2, 0.25) is 0 Å². The number of carbonyl (C=O) groups is 2. The fourth-order valence-corrected chi connectivity index (χ4v) is 2.33. The number of aryl methyl sites for hydroxylation is 1. The van der Waals surface area contributed by atoms with Gasteiger partial charge < -0.3 is 4.74 Å². The molecule has 0 atom stereocenters. The number of carbonyl (C=O) groups excluding carboxylic acids is 2. The van der Waals surface area contributed by atoms with Crippen molar-refractivity contribution in [1.82, 2.24) is 0 Å². The fraction of sp³-hybridized carbons (Fsp3) is 0.333. The highest BCUT2D eigenvalue weighted by atomic mass is 16.5. The van der Waals surface area contributed by atoms with Crippen LogP contribution in [0.25, 0.3) is 5.57 Å². The van der Waals surface area contributed by atoms with Gasteiger partial charge in [0, 0.05) is 5.57 Å². The molecule has 0 unspecified atom stereocenters. The van der Waals surface area contributed by atoms with E-state index in [0.717, 1.165) is 28.7 Å². The van der Waals surface area contributed by atoms with Crippen LogP contribution in [0.1, 0.15) is 30.5 Å². The molecule has 0 aliphatic heterocycles. The zero-order valence-electron chi connectivity index (χ0n) is 10.9. The van der Waals surface area contributed by atoms with Crippen LogP contribution < -0.4 is 0 Å². The Morgan fingerprint density at radius 2 is 2.00 bits per heavy atom. The fourth-order valence-electron chi connectivity index (χ4n) is 2.33. The minimum atomic E-state index is -0.764. The number of esters is 1. The predicted molar refractivity (Wildman–Crippen MR) is 69.1 cm³/mol. The van der Waals surface area contributed by atoms with Gasteiger partial charge in [-0.15, -0.1) is 0 Å². The molecule has 3 nitrogen and oxygen atoms in total. The minimum absolute atomic E-state index is 0.220. The Balaban J connectivity index is 2.38. The summed E-state index contributed by atoms with van der Waals surface area (Å²) in [6.07, 6.45) is 0.734. The molecule has 0 bridgehead atoms. The third-order valence-electron chi connectivity index (χ3n) is 3.10. The highest BCUT2D eigenvalue weighted by Crippen LogP contribution is 2.33. The maximum atomic E-state index is 12.1. The maximum Gasteiger partial charge on any atom is 0.379 e. The zero-order chi connectivity index (χ0) is 13.3. The lowest BCUT2D eigenvalue weighted by atomic mass is 10.0. The molecular weight excluding hydrogens is 228 g/mol. The van der Waals surface area contributed by atoms with Crippen molar-refractivity contribution >= 4 is 17.3 Å².